The Balaban J connectivity index is 6.12. The zero-order valence-electron chi connectivity index (χ0n) is 13.0. The van der Waals surface area contributed by atoms with Crippen molar-refractivity contribution in [3.05, 3.63) is 12.2 Å². The Bertz CT molecular complexity index is 531. The second kappa shape index (κ2) is 6.25. The van der Waals surface area contributed by atoms with Gasteiger partial charge < -0.3 is 9.84 Å². The lowest BCUT2D eigenvalue weighted by Crippen LogP contribution is -2.68. The molecule has 0 aromatic rings. The van der Waals surface area contributed by atoms with E-state index in [2.05, 4.69) is 4.74 Å². The van der Waals surface area contributed by atoms with E-state index in [1.807, 2.05) is 0 Å². The summed E-state index contributed by atoms with van der Waals surface area (Å²) in [5, 5.41) is 8.30. The molecule has 140 valence electrons. The molecule has 0 aromatic heterocycles. The van der Waals surface area contributed by atoms with Crippen LogP contribution in [0.25, 0.3) is 0 Å². The van der Waals surface area contributed by atoms with Crippen molar-refractivity contribution in [1.82, 2.24) is 0 Å². The van der Waals surface area contributed by atoms with Crippen LogP contribution in [0.1, 0.15) is 27.7 Å². The molecular formula is C13H15F7O4. The van der Waals surface area contributed by atoms with Crippen molar-refractivity contribution >= 4 is 11.9 Å². The molecule has 0 rings (SSSR count). The van der Waals surface area contributed by atoms with E-state index >= 15 is 0 Å². The molecule has 1 unspecified atom stereocenters. The largest absolute Gasteiger partial charge is 0.478 e. The van der Waals surface area contributed by atoms with Crippen LogP contribution in [-0.4, -0.2) is 40.7 Å². The molecular weight excluding hydrogens is 353 g/mol. The SMILES string of the molecule is CC(C)(C)C(C)(OC(=O)/C=C\C(=O)O)C(F)(F)C(F)(F)C(F)(F)F. The number of aliphatic carboxylic acids is 1. The zero-order valence-corrected chi connectivity index (χ0v) is 13.0. The lowest BCUT2D eigenvalue weighted by Gasteiger charge is -2.47. The number of alkyl halides is 7. The van der Waals surface area contributed by atoms with Gasteiger partial charge in [-0.25, -0.2) is 9.59 Å². The molecule has 4 nitrogen and oxygen atoms in total. The quantitative estimate of drug-likeness (QED) is 0.455. The van der Waals surface area contributed by atoms with Gasteiger partial charge in [-0.2, -0.15) is 30.7 Å². The molecule has 0 bridgehead atoms. The van der Waals surface area contributed by atoms with Crippen molar-refractivity contribution in [2.24, 2.45) is 5.41 Å². The van der Waals surface area contributed by atoms with Crippen molar-refractivity contribution in [2.45, 2.75) is 51.3 Å². The third-order valence-corrected chi connectivity index (χ3v) is 3.45. The third-order valence-electron chi connectivity index (χ3n) is 3.45. The van der Waals surface area contributed by atoms with Gasteiger partial charge in [0.25, 0.3) is 0 Å². The smallest absolute Gasteiger partial charge is 0.460 e. The Morgan fingerprint density at radius 3 is 1.54 bits per heavy atom. The van der Waals surface area contributed by atoms with Gasteiger partial charge in [-0.05, 0) is 6.92 Å². The first-order valence-electron chi connectivity index (χ1n) is 6.27. The minimum atomic E-state index is -6.60. The number of carbonyl (C=O) groups excluding carboxylic acids is 1. The molecule has 1 atom stereocenters. The molecule has 24 heavy (non-hydrogen) atoms. The normalized spacial score (nSPS) is 16.8. The number of rotatable bonds is 5. The number of ether oxygens (including phenoxy) is 1. The van der Waals surface area contributed by atoms with Crippen LogP contribution in [0.5, 0.6) is 0 Å². The maximum Gasteiger partial charge on any atom is 0.460 e. The van der Waals surface area contributed by atoms with Crippen LogP contribution >= 0.6 is 0 Å². The maximum atomic E-state index is 14.1. The first-order chi connectivity index (χ1) is 10.3. The van der Waals surface area contributed by atoms with Gasteiger partial charge in [0.1, 0.15) is 0 Å². The first-order valence-corrected chi connectivity index (χ1v) is 6.27. The topological polar surface area (TPSA) is 63.6 Å². The monoisotopic (exact) mass is 368 g/mol. The highest BCUT2D eigenvalue weighted by atomic mass is 19.4. The Hall–Kier alpha value is -1.81. The van der Waals surface area contributed by atoms with Crippen LogP contribution in [0.2, 0.25) is 0 Å². The van der Waals surface area contributed by atoms with Crippen LogP contribution in [-0.2, 0) is 14.3 Å². The van der Waals surface area contributed by atoms with Crippen LogP contribution in [0.3, 0.4) is 0 Å². The summed E-state index contributed by atoms with van der Waals surface area (Å²) >= 11 is 0. The van der Waals surface area contributed by atoms with Crippen LogP contribution in [0.4, 0.5) is 30.7 Å². The average molecular weight is 368 g/mol. The molecule has 0 aliphatic rings. The summed E-state index contributed by atoms with van der Waals surface area (Å²) in [5.74, 6) is -15.8. The molecule has 1 N–H and O–H groups in total. The third kappa shape index (κ3) is 3.81. The number of esters is 1. The molecule has 0 radical (unpaired) electrons. The van der Waals surface area contributed by atoms with Crippen LogP contribution in [0, 0.1) is 5.41 Å². The van der Waals surface area contributed by atoms with E-state index in [0.29, 0.717) is 0 Å². The van der Waals surface area contributed by atoms with E-state index in [-0.39, 0.29) is 19.1 Å². The highest BCUT2D eigenvalue weighted by Gasteiger charge is 2.81. The van der Waals surface area contributed by atoms with Crippen molar-refractivity contribution in [3.8, 4) is 0 Å². The predicted molar refractivity (Wildman–Crippen MR) is 66.7 cm³/mol. The fourth-order valence-corrected chi connectivity index (χ4v) is 1.54. The van der Waals surface area contributed by atoms with Crippen molar-refractivity contribution in [3.63, 3.8) is 0 Å². The van der Waals surface area contributed by atoms with Gasteiger partial charge >= 0.3 is 30.0 Å². The summed E-state index contributed by atoms with van der Waals surface area (Å²) in [5.41, 5.74) is -5.68. The Labute approximate surface area is 132 Å². The van der Waals surface area contributed by atoms with E-state index < -0.39 is 41.0 Å². The summed E-state index contributed by atoms with van der Waals surface area (Å²) in [6.07, 6.45) is -6.33. The average Bonchev–Trinajstić information content (AvgIpc) is 2.32. The molecule has 0 fully saturated rings. The van der Waals surface area contributed by atoms with Gasteiger partial charge in [0.2, 0.25) is 0 Å². The zero-order chi connectivity index (χ0) is 19.8. The summed E-state index contributed by atoms with van der Waals surface area (Å²) in [6.45, 7) is 2.81. The van der Waals surface area contributed by atoms with Crippen molar-refractivity contribution < 1.29 is 50.2 Å². The van der Waals surface area contributed by atoms with Crippen molar-refractivity contribution in [1.29, 1.82) is 0 Å². The summed E-state index contributed by atoms with van der Waals surface area (Å²) < 4.78 is 96.2. The van der Waals surface area contributed by atoms with E-state index in [4.69, 9.17) is 5.11 Å². The molecule has 0 amide bonds. The summed E-state index contributed by atoms with van der Waals surface area (Å²) in [4.78, 5) is 21.6. The number of carbonyl (C=O) groups is 2. The van der Waals surface area contributed by atoms with Gasteiger partial charge in [-0.1, -0.05) is 20.8 Å². The fourth-order valence-electron chi connectivity index (χ4n) is 1.54. The predicted octanol–water partition coefficient (Wildman–Crippen LogP) is 3.81. The van der Waals surface area contributed by atoms with Crippen molar-refractivity contribution in [2.75, 3.05) is 0 Å². The van der Waals surface area contributed by atoms with E-state index in [1.165, 1.54) is 0 Å². The number of hydrogen-bond donors (Lipinski definition) is 1. The minimum absolute atomic E-state index is 0.119. The molecule has 0 saturated carbocycles. The maximum absolute atomic E-state index is 14.1. The summed E-state index contributed by atoms with van der Waals surface area (Å²) in [6, 6.07) is 0. The summed E-state index contributed by atoms with van der Waals surface area (Å²) in [7, 11) is 0. The molecule has 0 saturated heterocycles. The molecule has 0 spiro atoms. The molecule has 11 heteroatoms. The molecule has 0 aliphatic heterocycles. The highest BCUT2D eigenvalue weighted by molar-refractivity contribution is 5.91. The van der Waals surface area contributed by atoms with Gasteiger partial charge in [-0.3, -0.25) is 0 Å². The number of carboxylic acids is 1. The Kier molecular flexibility index (Phi) is 5.77. The van der Waals surface area contributed by atoms with E-state index in [9.17, 15) is 40.3 Å². The van der Waals surface area contributed by atoms with Gasteiger partial charge in [0.15, 0.2) is 5.60 Å². The van der Waals surface area contributed by atoms with Gasteiger partial charge in [-0.15, -0.1) is 0 Å². The van der Waals surface area contributed by atoms with Gasteiger partial charge in [0, 0.05) is 17.6 Å². The second-order valence-corrected chi connectivity index (χ2v) is 6.02. The molecule has 0 aliphatic carbocycles. The lowest BCUT2D eigenvalue weighted by molar-refractivity contribution is -0.396. The van der Waals surface area contributed by atoms with Crippen LogP contribution in [0.15, 0.2) is 12.2 Å². The van der Waals surface area contributed by atoms with Crippen LogP contribution < -0.4 is 0 Å². The standard InChI is InChI=1S/C13H15F7O4/c1-9(2,3)10(4,24-8(23)6-5-7(21)22)11(14,15)12(16,17)13(18,19)20/h5-6H,1-4H3,(H,21,22)/b6-5-. The Morgan fingerprint density at radius 2 is 1.25 bits per heavy atom. The number of halogens is 7. The second-order valence-electron chi connectivity index (χ2n) is 6.02. The Morgan fingerprint density at radius 1 is 0.833 bits per heavy atom. The number of carboxylic acid groups (broad SMARTS) is 1. The minimum Gasteiger partial charge on any atom is -0.478 e. The lowest BCUT2D eigenvalue weighted by atomic mass is 9.71. The van der Waals surface area contributed by atoms with E-state index in [0.717, 1.165) is 20.8 Å². The van der Waals surface area contributed by atoms with Gasteiger partial charge in [0.05, 0.1) is 0 Å². The number of hydrogen-bond acceptors (Lipinski definition) is 3. The fraction of sp³-hybridized carbons (Fsp3) is 0.692. The highest BCUT2D eigenvalue weighted by Crippen LogP contribution is 2.56. The molecule has 0 aromatic carbocycles. The van der Waals surface area contributed by atoms with E-state index in [1.54, 1.807) is 0 Å². The first kappa shape index (κ1) is 22.2. The molecule has 0 heterocycles.